The molecule has 0 aliphatic carbocycles. The average Bonchev–Trinajstić information content (AvgIpc) is 1.41. The highest BCUT2D eigenvalue weighted by Gasteiger charge is 1.42. The van der Waals surface area contributed by atoms with Crippen LogP contribution in [0.1, 0.15) is 0 Å². The lowest BCUT2D eigenvalue weighted by Gasteiger charge is -1.59. The van der Waals surface area contributed by atoms with Crippen molar-refractivity contribution >= 4 is 6.72 Å². The highest BCUT2D eigenvalue weighted by atomic mass is 16.2. The Hall–Kier alpha value is -0.790. The largest absolute Gasteiger partial charge is 0.514 e. The van der Waals surface area contributed by atoms with Crippen LogP contribution in [0.3, 0.4) is 0 Å². The van der Waals surface area contributed by atoms with Gasteiger partial charge in [0.2, 0.25) is 0 Å². The molecule has 0 aromatic rings. The van der Waals surface area contributed by atoms with E-state index in [0.717, 1.165) is 6.26 Å². The van der Waals surface area contributed by atoms with Gasteiger partial charge in [0, 0.05) is 0 Å². The molecule has 1 N–H and O–H groups in total. The van der Waals surface area contributed by atoms with Gasteiger partial charge in [-0.1, -0.05) is 0 Å². The summed E-state index contributed by atoms with van der Waals surface area (Å²) in [5.41, 5.74) is 0. The van der Waals surface area contributed by atoms with Crippen LogP contribution < -0.4 is 0 Å². The van der Waals surface area contributed by atoms with Crippen LogP contribution in [0.5, 0.6) is 0 Å². The van der Waals surface area contributed by atoms with Gasteiger partial charge < -0.3 is 5.11 Å². The minimum atomic E-state index is 0.826. The normalized spacial score (nSPS) is 8.80. The molecule has 0 heterocycles. The summed E-state index contributed by atoms with van der Waals surface area (Å²) >= 11 is 0. The van der Waals surface area contributed by atoms with E-state index < -0.39 is 0 Å². The molecule has 0 saturated heterocycles. The van der Waals surface area contributed by atoms with E-state index in [1.54, 1.807) is 0 Å². The molecule has 0 bridgehead atoms. The van der Waals surface area contributed by atoms with Crippen molar-refractivity contribution in [3.63, 3.8) is 0 Å². The van der Waals surface area contributed by atoms with Gasteiger partial charge in [-0.25, -0.2) is 0 Å². The molecule has 0 aliphatic rings. The van der Waals surface area contributed by atoms with Gasteiger partial charge in [0.1, 0.15) is 0 Å². The lowest BCUT2D eigenvalue weighted by molar-refractivity contribution is 0.472. The SMILES string of the molecule is C=N/C=C/O. The molecule has 0 atom stereocenters. The van der Waals surface area contributed by atoms with Crippen molar-refractivity contribution in [3.8, 4) is 0 Å². The Morgan fingerprint density at radius 2 is 2.40 bits per heavy atom. The standard InChI is InChI=1S/C3H5NO/c1-4-2-3-5/h2-3,5H,1H2/b3-2+. The Bertz CT molecular complexity index is 48.9. The zero-order valence-corrected chi connectivity index (χ0v) is 2.76. The van der Waals surface area contributed by atoms with Crippen molar-refractivity contribution in [1.82, 2.24) is 0 Å². The zero-order chi connectivity index (χ0) is 4.12. The van der Waals surface area contributed by atoms with Gasteiger partial charge in [-0.15, -0.1) is 0 Å². The summed E-state index contributed by atoms with van der Waals surface area (Å²) in [4.78, 5) is 3.17. The van der Waals surface area contributed by atoms with Crippen LogP contribution in [0.25, 0.3) is 0 Å². The first-order chi connectivity index (χ1) is 2.41. The molecule has 0 aliphatic heterocycles. The number of hydrogen-bond acceptors (Lipinski definition) is 2. The number of rotatable bonds is 1. The summed E-state index contributed by atoms with van der Waals surface area (Å²) in [6, 6.07) is 0. The van der Waals surface area contributed by atoms with Crippen LogP contribution >= 0.6 is 0 Å². The van der Waals surface area contributed by atoms with Crippen molar-refractivity contribution < 1.29 is 5.11 Å². The van der Waals surface area contributed by atoms with Crippen molar-refractivity contribution in [3.05, 3.63) is 12.5 Å². The van der Waals surface area contributed by atoms with E-state index in [-0.39, 0.29) is 0 Å². The van der Waals surface area contributed by atoms with E-state index >= 15 is 0 Å². The maximum atomic E-state index is 7.75. The zero-order valence-electron chi connectivity index (χ0n) is 2.76. The third-order valence-corrected chi connectivity index (χ3v) is 0.172. The van der Waals surface area contributed by atoms with Crippen LogP contribution in [0.4, 0.5) is 0 Å². The third-order valence-electron chi connectivity index (χ3n) is 0.172. The van der Waals surface area contributed by atoms with Crippen LogP contribution in [-0.4, -0.2) is 11.8 Å². The molecular weight excluding hydrogens is 66.0 g/mol. The van der Waals surface area contributed by atoms with Gasteiger partial charge in [-0.05, 0) is 6.72 Å². The first-order valence-corrected chi connectivity index (χ1v) is 1.17. The molecule has 0 unspecified atom stereocenters. The molecule has 0 rings (SSSR count). The Morgan fingerprint density at radius 1 is 1.80 bits per heavy atom. The molecule has 0 saturated carbocycles. The van der Waals surface area contributed by atoms with E-state index in [1.165, 1.54) is 6.20 Å². The second-order valence-electron chi connectivity index (χ2n) is 0.481. The highest BCUT2D eigenvalue weighted by molar-refractivity contribution is 5.25. The summed E-state index contributed by atoms with van der Waals surface area (Å²) in [5.74, 6) is 0. The van der Waals surface area contributed by atoms with E-state index in [9.17, 15) is 0 Å². The summed E-state index contributed by atoms with van der Waals surface area (Å²) in [5, 5.41) is 7.75. The van der Waals surface area contributed by atoms with E-state index in [4.69, 9.17) is 5.11 Å². The van der Waals surface area contributed by atoms with Crippen molar-refractivity contribution in [2.75, 3.05) is 0 Å². The number of nitrogens with zero attached hydrogens (tertiary/aromatic N) is 1. The fourth-order valence-electron chi connectivity index (χ4n) is 0.0471. The van der Waals surface area contributed by atoms with Crippen LogP contribution in [0.15, 0.2) is 17.5 Å². The maximum Gasteiger partial charge on any atom is 0.0974 e. The Labute approximate surface area is 30.5 Å². The smallest absolute Gasteiger partial charge is 0.0974 e. The fourth-order valence-corrected chi connectivity index (χ4v) is 0.0471. The third kappa shape index (κ3) is 3.21. The average molecular weight is 71.1 g/mol. The van der Waals surface area contributed by atoms with Gasteiger partial charge in [-0.2, -0.15) is 0 Å². The number of aliphatic hydroxyl groups is 1. The predicted octanol–water partition coefficient (Wildman–Crippen LogP) is 0.716. The first-order valence-electron chi connectivity index (χ1n) is 1.17. The number of hydrogen-bond donors (Lipinski definition) is 1. The minimum absolute atomic E-state index is 0.826. The molecule has 0 radical (unpaired) electrons. The van der Waals surface area contributed by atoms with E-state index in [1.807, 2.05) is 0 Å². The molecule has 0 amide bonds. The summed E-state index contributed by atoms with van der Waals surface area (Å²) < 4.78 is 0. The van der Waals surface area contributed by atoms with Crippen molar-refractivity contribution in [2.24, 2.45) is 4.99 Å². The Balaban J connectivity index is 2.92. The predicted molar refractivity (Wildman–Crippen MR) is 21.3 cm³/mol. The molecule has 0 aromatic carbocycles. The summed E-state index contributed by atoms with van der Waals surface area (Å²) in [6.07, 6.45) is 2.02. The lowest BCUT2D eigenvalue weighted by Crippen LogP contribution is -1.42. The first kappa shape index (κ1) is 4.21. The summed E-state index contributed by atoms with van der Waals surface area (Å²) in [6.45, 7) is 3.05. The molecule has 0 aromatic heterocycles. The number of aliphatic imine (C=N–C) groups is 1. The minimum Gasteiger partial charge on any atom is -0.514 e. The second-order valence-corrected chi connectivity index (χ2v) is 0.481. The summed E-state index contributed by atoms with van der Waals surface area (Å²) in [7, 11) is 0. The van der Waals surface area contributed by atoms with Gasteiger partial charge in [0.15, 0.2) is 0 Å². The Kier molecular flexibility index (Phi) is 2.70. The lowest BCUT2D eigenvalue weighted by atomic mass is 11.0. The molecule has 0 spiro atoms. The molecule has 2 heteroatoms. The van der Waals surface area contributed by atoms with E-state index in [2.05, 4.69) is 11.7 Å². The molecule has 0 fully saturated rings. The topological polar surface area (TPSA) is 32.6 Å². The highest BCUT2D eigenvalue weighted by Crippen LogP contribution is 1.59. The molecular formula is C3H5NO. The Morgan fingerprint density at radius 3 is 2.40 bits per heavy atom. The fraction of sp³-hybridized carbons (Fsp3) is 0. The van der Waals surface area contributed by atoms with Gasteiger partial charge in [0.25, 0.3) is 0 Å². The van der Waals surface area contributed by atoms with Crippen molar-refractivity contribution in [1.29, 1.82) is 0 Å². The van der Waals surface area contributed by atoms with Crippen LogP contribution in [-0.2, 0) is 0 Å². The van der Waals surface area contributed by atoms with Gasteiger partial charge >= 0.3 is 0 Å². The van der Waals surface area contributed by atoms with Crippen LogP contribution in [0, 0.1) is 0 Å². The number of aliphatic hydroxyl groups excluding tert-OH is 1. The maximum absolute atomic E-state index is 7.75. The van der Waals surface area contributed by atoms with Crippen molar-refractivity contribution in [2.45, 2.75) is 0 Å². The molecule has 28 valence electrons. The molecule has 2 nitrogen and oxygen atoms in total. The monoisotopic (exact) mass is 71.0 g/mol. The van der Waals surface area contributed by atoms with Crippen LogP contribution in [0.2, 0.25) is 0 Å². The van der Waals surface area contributed by atoms with E-state index in [0.29, 0.717) is 0 Å². The second kappa shape index (κ2) is 3.21. The van der Waals surface area contributed by atoms with Gasteiger partial charge in [0.05, 0.1) is 12.5 Å². The molecule has 5 heavy (non-hydrogen) atoms. The van der Waals surface area contributed by atoms with Gasteiger partial charge in [-0.3, -0.25) is 4.99 Å². The quantitative estimate of drug-likeness (QED) is 0.358.